The fourth-order valence-corrected chi connectivity index (χ4v) is 8.31. The molecule has 1 aromatic carbocycles. The van der Waals surface area contributed by atoms with E-state index in [9.17, 15) is 14.4 Å². The van der Waals surface area contributed by atoms with E-state index in [1.54, 1.807) is 4.57 Å². The highest BCUT2D eigenvalue weighted by Gasteiger charge is 2.62. The molecule has 2 heterocycles. The van der Waals surface area contributed by atoms with Crippen LogP contribution >= 0.6 is 0 Å². The third-order valence-corrected chi connectivity index (χ3v) is 9.48. The number of benzene rings is 1. The lowest BCUT2D eigenvalue weighted by molar-refractivity contribution is -0.149. The molecule has 3 aromatic rings. The number of nitrogens with zero attached hydrogens (tertiary/aromatic N) is 3. The van der Waals surface area contributed by atoms with Gasteiger partial charge in [0.1, 0.15) is 11.3 Å². The van der Waals surface area contributed by atoms with Crippen LogP contribution in [-0.2, 0) is 36.4 Å². The maximum Gasteiger partial charge on any atom is 0.332 e. The Balaban J connectivity index is 1.35. The van der Waals surface area contributed by atoms with Gasteiger partial charge < -0.3 is 16.0 Å². The Kier molecular flexibility index (Phi) is 6.52. The van der Waals surface area contributed by atoms with Gasteiger partial charge in [-0.3, -0.25) is 18.7 Å². The summed E-state index contributed by atoms with van der Waals surface area (Å²) in [6.45, 7) is 5.85. The summed E-state index contributed by atoms with van der Waals surface area (Å²) in [6.07, 6.45) is 7.11. The quantitative estimate of drug-likeness (QED) is 0.390. The van der Waals surface area contributed by atoms with Gasteiger partial charge in [0, 0.05) is 31.6 Å². The van der Waals surface area contributed by atoms with E-state index in [4.69, 9.17) is 10.7 Å². The molecule has 0 radical (unpaired) electrons. The smallest absolute Gasteiger partial charge is 0.332 e. The number of carbonyl (C=O) groups excluding carboxylic acids is 1. The van der Waals surface area contributed by atoms with Gasteiger partial charge in [-0.15, -0.1) is 0 Å². The number of nitrogens with two attached hydrogens (primary N) is 1. The Morgan fingerprint density at radius 3 is 2.46 bits per heavy atom. The van der Waals surface area contributed by atoms with Crippen LogP contribution in [0.4, 0.5) is 0 Å². The molecule has 1 amide bonds. The van der Waals surface area contributed by atoms with Crippen molar-refractivity contribution < 1.29 is 4.79 Å². The molecule has 2 unspecified atom stereocenters. The summed E-state index contributed by atoms with van der Waals surface area (Å²) in [7, 11) is 0. The topological polar surface area (TPSA) is 128 Å². The van der Waals surface area contributed by atoms with E-state index < -0.39 is 5.41 Å². The van der Waals surface area contributed by atoms with Crippen molar-refractivity contribution in [3.63, 3.8) is 0 Å². The van der Waals surface area contributed by atoms with Crippen molar-refractivity contribution in [2.75, 3.05) is 0 Å². The van der Waals surface area contributed by atoms with E-state index in [-0.39, 0.29) is 22.6 Å². The van der Waals surface area contributed by atoms with Crippen LogP contribution in [0.5, 0.6) is 0 Å². The van der Waals surface area contributed by atoms with Gasteiger partial charge in [0.15, 0.2) is 5.65 Å². The van der Waals surface area contributed by atoms with E-state index in [2.05, 4.69) is 16.4 Å². The van der Waals surface area contributed by atoms with Crippen LogP contribution in [0.1, 0.15) is 82.2 Å². The van der Waals surface area contributed by atoms with Gasteiger partial charge in [-0.05, 0) is 74.3 Å². The molecule has 4 N–H and O–H groups in total. The summed E-state index contributed by atoms with van der Waals surface area (Å²) >= 11 is 0. The Bertz CT molecular complexity index is 1520. The van der Waals surface area contributed by atoms with Gasteiger partial charge in [-0.2, -0.15) is 0 Å². The van der Waals surface area contributed by atoms with Gasteiger partial charge in [-0.25, -0.2) is 9.78 Å². The lowest BCUT2D eigenvalue weighted by atomic mass is 9.43. The number of aryl methyl sites for hydroxylation is 1. The average molecular weight is 533 g/mol. The Morgan fingerprint density at radius 1 is 1.08 bits per heavy atom. The number of carbonyl (C=O) groups is 1. The van der Waals surface area contributed by atoms with Crippen LogP contribution in [0, 0.1) is 17.3 Å². The summed E-state index contributed by atoms with van der Waals surface area (Å²) in [6, 6.07) is 8.06. The maximum absolute atomic E-state index is 13.9. The minimum atomic E-state index is -0.431. The number of H-pyrrole nitrogens is 1. The molecule has 2 atom stereocenters. The van der Waals surface area contributed by atoms with E-state index in [0.29, 0.717) is 55.6 Å². The number of nitrogens with one attached hydrogen (secondary N) is 2. The average Bonchev–Trinajstić information content (AvgIpc) is 3.38. The number of amides is 1. The lowest BCUT2D eigenvalue weighted by Gasteiger charge is -2.60. The number of hydrogen-bond donors (Lipinski definition) is 3. The van der Waals surface area contributed by atoms with Crippen LogP contribution in [0.3, 0.4) is 0 Å². The number of aromatic nitrogens is 4. The van der Waals surface area contributed by atoms with E-state index >= 15 is 0 Å². The van der Waals surface area contributed by atoms with Crippen LogP contribution in [0.2, 0.25) is 0 Å². The van der Waals surface area contributed by atoms with Crippen LogP contribution in [-0.4, -0.2) is 25.0 Å². The largest absolute Gasteiger partial charge is 0.352 e. The number of fused-ring (bicyclic) bond motifs is 1. The zero-order valence-corrected chi connectivity index (χ0v) is 23.1. The normalized spacial score (nSPS) is 27.4. The first-order valence-corrected chi connectivity index (χ1v) is 14.6. The molecule has 2 aromatic heterocycles. The van der Waals surface area contributed by atoms with Crippen molar-refractivity contribution in [3.8, 4) is 0 Å². The second-order valence-electron chi connectivity index (χ2n) is 12.4. The standard InChI is InChI=1S/C30H40N6O3/c1-3-8-35-24-23(25(37)36(9-4-2)28(35)39)33-26(34-24)29-12-21-11-22(13-29)15-30(14-21,18-29)27(38)32-17-20-7-5-6-19(10-20)16-31/h5-7,10,21-22H,3-4,8-9,11-18,31H2,1-2H3,(H,32,38)(H,33,34). The Morgan fingerprint density at radius 2 is 1.77 bits per heavy atom. The van der Waals surface area contributed by atoms with Crippen molar-refractivity contribution in [2.24, 2.45) is 23.0 Å². The van der Waals surface area contributed by atoms with Gasteiger partial charge in [0.05, 0.1) is 5.41 Å². The molecular formula is C30H40N6O3. The summed E-state index contributed by atoms with van der Waals surface area (Å²) < 4.78 is 3.00. The maximum atomic E-state index is 13.9. The summed E-state index contributed by atoms with van der Waals surface area (Å²) in [5.74, 6) is 1.83. The molecular weight excluding hydrogens is 492 g/mol. The highest BCUT2D eigenvalue weighted by atomic mass is 16.2. The van der Waals surface area contributed by atoms with Crippen molar-refractivity contribution in [3.05, 3.63) is 62.1 Å². The summed E-state index contributed by atoms with van der Waals surface area (Å²) in [5.41, 5.74) is 7.51. The van der Waals surface area contributed by atoms with Crippen LogP contribution in [0.15, 0.2) is 33.9 Å². The highest BCUT2D eigenvalue weighted by Crippen LogP contribution is 2.65. The fourth-order valence-electron chi connectivity index (χ4n) is 8.31. The molecule has 39 heavy (non-hydrogen) atoms. The van der Waals surface area contributed by atoms with E-state index in [1.807, 2.05) is 32.0 Å². The zero-order valence-electron chi connectivity index (χ0n) is 23.1. The number of aromatic amines is 1. The third-order valence-electron chi connectivity index (χ3n) is 9.48. The minimum Gasteiger partial charge on any atom is -0.352 e. The van der Waals surface area contributed by atoms with Gasteiger partial charge in [0.2, 0.25) is 5.91 Å². The molecule has 0 aliphatic heterocycles. The van der Waals surface area contributed by atoms with Crippen molar-refractivity contribution in [1.82, 2.24) is 24.4 Å². The van der Waals surface area contributed by atoms with Crippen molar-refractivity contribution >= 4 is 17.1 Å². The van der Waals surface area contributed by atoms with Gasteiger partial charge in [0.25, 0.3) is 5.56 Å². The molecule has 0 saturated heterocycles. The van der Waals surface area contributed by atoms with E-state index in [1.165, 1.54) is 4.57 Å². The molecule has 7 rings (SSSR count). The zero-order chi connectivity index (χ0) is 27.4. The second kappa shape index (κ2) is 9.77. The van der Waals surface area contributed by atoms with Crippen molar-refractivity contribution in [1.29, 1.82) is 0 Å². The first-order valence-electron chi connectivity index (χ1n) is 14.6. The predicted octanol–water partition coefficient (Wildman–Crippen LogP) is 3.32. The Labute approximate surface area is 228 Å². The molecule has 9 heteroatoms. The third kappa shape index (κ3) is 4.26. The summed E-state index contributed by atoms with van der Waals surface area (Å²) in [5, 5.41) is 3.26. The SMILES string of the molecule is CCCn1c(=O)c2[nH]c(C34CC5CC(CC(C(=O)NCc6cccc(CN)c6)(C5)C3)C4)nc2n(CCC)c1=O. The van der Waals surface area contributed by atoms with Crippen LogP contribution in [0.25, 0.3) is 11.2 Å². The predicted molar refractivity (Wildman–Crippen MR) is 150 cm³/mol. The van der Waals surface area contributed by atoms with Gasteiger partial charge in [-0.1, -0.05) is 38.1 Å². The molecule has 4 aliphatic carbocycles. The molecule has 0 spiro atoms. The highest BCUT2D eigenvalue weighted by molar-refractivity contribution is 5.83. The number of rotatable bonds is 9. The molecule has 4 bridgehead atoms. The fraction of sp³-hybridized carbons (Fsp3) is 0.600. The second-order valence-corrected chi connectivity index (χ2v) is 12.4. The summed E-state index contributed by atoms with van der Waals surface area (Å²) in [4.78, 5) is 48.9. The molecule has 4 saturated carbocycles. The molecule has 9 nitrogen and oxygen atoms in total. The van der Waals surface area contributed by atoms with Gasteiger partial charge >= 0.3 is 5.69 Å². The van der Waals surface area contributed by atoms with E-state index in [0.717, 1.165) is 61.9 Å². The van der Waals surface area contributed by atoms with Crippen molar-refractivity contribution in [2.45, 2.75) is 96.8 Å². The minimum absolute atomic E-state index is 0.128. The first kappa shape index (κ1) is 26.0. The monoisotopic (exact) mass is 532 g/mol. The molecule has 4 fully saturated rings. The number of imidazole rings is 1. The molecule has 208 valence electrons. The lowest BCUT2D eigenvalue weighted by Crippen LogP contribution is -2.59. The number of hydrogen-bond acceptors (Lipinski definition) is 5. The first-order chi connectivity index (χ1) is 18.8. The Hall–Kier alpha value is -3.20. The van der Waals surface area contributed by atoms with Crippen LogP contribution < -0.4 is 22.3 Å². The molecule has 4 aliphatic rings.